The summed E-state index contributed by atoms with van der Waals surface area (Å²) in [6, 6.07) is 3.60. The molecule has 3 rings (SSSR count). The number of nitrogens with one attached hydrogen (secondary N) is 1. The quantitative estimate of drug-likeness (QED) is 0.643. The molecule has 0 saturated carbocycles. The predicted octanol–water partition coefficient (Wildman–Crippen LogP) is 2.89. The molecule has 0 radical (unpaired) electrons. The van der Waals surface area contributed by atoms with E-state index in [9.17, 15) is 19.2 Å². The van der Waals surface area contributed by atoms with E-state index in [-0.39, 0.29) is 24.8 Å². The number of nitrogens with two attached hydrogens (primary N) is 1. The fourth-order valence-electron chi connectivity index (χ4n) is 4.83. The first kappa shape index (κ1) is 26.2. The minimum atomic E-state index is -1.11. The fraction of sp³-hybridized carbons (Fsp3) is 0.538. The van der Waals surface area contributed by atoms with E-state index >= 15 is 0 Å². The summed E-state index contributed by atoms with van der Waals surface area (Å²) in [4.78, 5) is 55.1. The van der Waals surface area contributed by atoms with Crippen molar-refractivity contribution in [2.75, 3.05) is 18.9 Å². The van der Waals surface area contributed by atoms with Gasteiger partial charge in [0.1, 0.15) is 17.7 Å². The molecular weight excluding hydrogens is 448 g/mol. The molecular formula is C26H36N4O5. The number of ether oxygens (including phenoxy) is 1. The van der Waals surface area contributed by atoms with Crippen molar-refractivity contribution in [1.29, 1.82) is 0 Å². The average Bonchev–Trinajstić information content (AvgIpc) is 3.29. The van der Waals surface area contributed by atoms with Gasteiger partial charge in [-0.15, -0.1) is 0 Å². The molecule has 2 heterocycles. The van der Waals surface area contributed by atoms with Crippen LogP contribution in [0, 0.1) is 5.92 Å². The number of benzene rings is 1. The molecule has 2 aliphatic heterocycles. The molecule has 4 amide bonds. The van der Waals surface area contributed by atoms with Gasteiger partial charge in [-0.3, -0.25) is 19.3 Å². The molecule has 1 aromatic carbocycles. The second-order valence-electron chi connectivity index (χ2n) is 10.9. The van der Waals surface area contributed by atoms with Gasteiger partial charge in [0.05, 0.1) is 5.41 Å². The Labute approximate surface area is 206 Å². The number of rotatable bonds is 6. The summed E-state index contributed by atoms with van der Waals surface area (Å²) in [5.74, 6) is -1.34. The van der Waals surface area contributed by atoms with E-state index < -0.39 is 41.0 Å². The predicted molar refractivity (Wildman–Crippen MR) is 133 cm³/mol. The summed E-state index contributed by atoms with van der Waals surface area (Å²) in [6.45, 7) is 12.9. The van der Waals surface area contributed by atoms with Crippen LogP contribution in [-0.2, 0) is 24.5 Å². The first-order valence-electron chi connectivity index (χ1n) is 11.8. The minimum Gasteiger partial charge on any atom is -0.444 e. The second kappa shape index (κ2) is 9.36. The van der Waals surface area contributed by atoms with Crippen LogP contribution in [0.25, 0.3) is 6.08 Å². The van der Waals surface area contributed by atoms with Crippen LogP contribution in [0.15, 0.2) is 24.8 Å². The van der Waals surface area contributed by atoms with Crippen LogP contribution in [0.2, 0.25) is 0 Å². The van der Waals surface area contributed by atoms with Gasteiger partial charge < -0.3 is 20.7 Å². The van der Waals surface area contributed by atoms with E-state index in [0.717, 1.165) is 5.56 Å². The average molecular weight is 485 g/mol. The molecule has 190 valence electrons. The van der Waals surface area contributed by atoms with Crippen LogP contribution in [-0.4, -0.2) is 64.9 Å². The highest BCUT2D eigenvalue weighted by Gasteiger charge is 2.58. The number of amides is 4. The van der Waals surface area contributed by atoms with E-state index in [1.807, 2.05) is 26.0 Å². The Morgan fingerprint density at radius 1 is 1.34 bits per heavy atom. The number of nitrogens with zero attached hydrogens (tertiary/aromatic N) is 2. The largest absolute Gasteiger partial charge is 0.444 e. The number of likely N-dealkylation sites (N-methyl/N-ethyl adjacent to an activating group) is 1. The Morgan fingerprint density at radius 2 is 2.00 bits per heavy atom. The molecule has 1 spiro atoms. The lowest BCUT2D eigenvalue weighted by Gasteiger charge is -2.34. The van der Waals surface area contributed by atoms with Crippen LogP contribution in [0.3, 0.4) is 0 Å². The Balaban J connectivity index is 2.00. The van der Waals surface area contributed by atoms with Gasteiger partial charge in [-0.1, -0.05) is 32.6 Å². The molecule has 0 aromatic heterocycles. The van der Waals surface area contributed by atoms with E-state index in [2.05, 4.69) is 11.9 Å². The molecule has 0 aliphatic carbocycles. The molecule has 0 unspecified atom stereocenters. The summed E-state index contributed by atoms with van der Waals surface area (Å²) in [7, 11) is 1.51. The monoisotopic (exact) mass is 484 g/mol. The summed E-state index contributed by atoms with van der Waals surface area (Å²) in [5.41, 5.74) is 6.05. The molecule has 0 bridgehead atoms. The summed E-state index contributed by atoms with van der Waals surface area (Å²) >= 11 is 0. The third-order valence-corrected chi connectivity index (χ3v) is 6.58. The summed E-state index contributed by atoms with van der Waals surface area (Å²) in [6.07, 6.45) is 1.46. The highest BCUT2D eigenvalue weighted by Crippen LogP contribution is 2.47. The van der Waals surface area contributed by atoms with Crippen molar-refractivity contribution < 1.29 is 23.9 Å². The standard InChI is InChI=1S/C26H36N4O5/c1-8-16-9-10-18-17(12-16)26(23(33)28-18)13-20(21(27)31)30(14-26)22(32)19(11-15(2)3)29(7)24(34)35-25(4,5)6/h8-10,12,15,19-20H,1,11,13-14H2,2-7H3,(H2,27,31)(H,28,33)/t19-,20-,26-/m0/s1. The van der Waals surface area contributed by atoms with Crippen molar-refractivity contribution in [2.45, 2.75) is 70.6 Å². The first-order chi connectivity index (χ1) is 16.2. The van der Waals surface area contributed by atoms with Gasteiger partial charge in [0.25, 0.3) is 0 Å². The van der Waals surface area contributed by atoms with Gasteiger partial charge in [-0.05, 0) is 62.8 Å². The maximum Gasteiger partial charge on any atom is 0.410 e. The van der Waals surface area contributed by atoms with Crippen LogP contribution in [0.5, 0.6) is 0 Å². The van der Waals surface area contributed by atoms with Crippen molar-refractivity contribution in [2.24, 2.45) is 11.7 Å². The van der Waals surface area contributed by atoms with E-state index in [1.165, 1.54) is 16.8 Å². The lowest BCUT2D eigenvalue weighted by molar-refractivity contribution is -0.142. The highest BCUT2D eigenvalue weighted by molar-refractivity contribution is 6.08. The number of anilines is 1. The van der Waals surface area contributed by atoms with Crippen molar-refractivity contribution >= 4 is 35.6 Å². The minimum absolute atomic E-state index is 0.0182. The van der Waals surface area contributed by atoms with Gasteiger partial charge >= 0.3 is 6.09 Å². The number of primary amides is 1. The third kappa shape index (κ3) is 5.04. The number of likely N-dealkylation sites (tertiary alicyclic amines) is 1. The van der Waals surface area contributed by atoms with Gasteiger partial charge in [0.2, 0.25) is 17.7 Å². The number of carbonyl (C=O) groups is 4. The number of carbonyl (C=O) groups excluding carboxylic acids is 4. The Kier molecular flexibility index (Phi) is 7.02. The van der Waals surface area contributed by atoms with E-state index in [1.54, 1.807) is 32.9 Å². The van der Waals surface area contributed by atoms with Crippen LogP contribution >= 0.6 is 0 Å². The second-order valence-corrected chi connectivity index (χ2v) is 10.9. The van der Waals surface area contributed by atoms with Gasteiger partial charge in [-0.25, -0.2) is 4.79 Å². The topological polar surface area (TPSA) is 122 Å². The van der Waals surface area contributed by atoms with Crippen LogP contribution < -0.4 is 11.1 Å². The molecule has 2 aliphatic rings. The van der Waals surface area contributed by atoms with Crippen LogP contribution in [0.1, 0.15) is 58.6 Å². The number of hydrogen-bond acceptors (Lipinski definition) is 5. The molecule has 35 heavy (non-hydrogen) atoms. The summed E-state index contributed by atoms with van der Waals surface area (Å²) < 4.78 is 5.48. The van der Waals surface area contributed by atoms with Crippen molar-refractivity contribution in [1.82, 2.24) is 9.80 Å². The highest BCUT2D eigenvalue weighted by atomic mass is 16.6. The molecule has 9 nitrogen and oxygen atoms in total. The Morgan fingerprint density at radius 3 is 2.54 bits per heavy atom. The molecule has 1 fully saturated rings. The molecule has 9 heteroatoms. The van der Waals surface area contributed by atoms with E-state index in [4.69, 9.17) is 10.5 Å². The van der Waals surface area contributed by atoms with Crippen molar-refractivity contribution in [3.63, 3.8) is 0 Å². The molecule has 1 aromatic rings. The zero-order valence-corrected chi connectivity index (χ0v) is 21.4. The maximum atomic E-state index is 13.9. The normalized spacial score (nSPS) is 22.1. The summed E-state index contributed by atoms with van der Waals surface area (Å²) in [5, 5.41) is 2.88. The first-order valence-corrected chi connectivity index (χ1v) is 11.8. The number of hydrogen-bond donors (Lipinski definition) is 2. The lowest BCUT2D eigenvalue weighted by atomic mass is 9.79. The molecule has 1 saturated heterocycles. The van der Waals surface area contributed by atoms with Gasteiger partial charge in [-0.2, -0.15) is 0 Å². The maximum absolute atomic E-state index is 13.9. The molecule has 3 atom stereocenters. The van der Waals surface area contributed by atoms with Gasteiger partial charge in [0.15, 0.2) is 0 Å². The van der Waals surface area contributed by atoms with Gasteiger partial charge in [0, 0.05) is 19.3 Å². The Hall–Kier alpha value is -3.36. The Bertz CT molecular complexity index is 1060. The van der Waals surface area contributed by atoms with Crippen LogP contribution in [0.4, 0.5) is 10.5 Å². The smallest absolute Gasteiger partial charge is 0.410 e. The van der Waals surface area contributed by atoms with Crippen molar-refractivity contribution in [3.05, 3.63) is 35.9 Å². The number of fused-ring (bicyclic) bond motifs is 2. The third-order valence-electron chi connectivity index (χ3n) is 6.58. The zero-order chi connectivity index (χ0) is 26.3. The van der Waals surface area contributed by atoms with Crippen molar-refractivity contribution in [3.8, 4) is 0 Å². The van der Waals surface area contributed by atoms with E-state index in [0.29, 0.717) is 17.7 Å². The lowest BCUT2D eigenvalue weighted by Crippen LogP contribution is -2.54. The molecule has 3 N–H and O–H groups in total. The zero-order valence-electron chi connectivity index (χ0n) is 21.4. The SMILES string of the molecule is C=Cc1ccc2c(c1)[C@@]1(C[C@@H](C(N)=O)N(C(=O)[C@H](CC(C)C)N(C)C(=O)OC(C)(C)C)C1)C(=O)N2. The fourth-order valence-corrected chi connectivity index (χ4v) is 4.83.